The number of urea groups is 1. The molecule has 3 aromatic carbocycles. The van der Waals surface area contributed by atoms with Gasteiger partial charge in [-0.3, -0.25) is 4.72 Å². The third-order valence-corrected chi connectivity index (χ3v) is 7.13. The average Bonchev–Trinajstić information content (AvgIpc) is 2.79. The van der Waals surface area contributed by atoms with Gasteiger partial charge in [-0.15, -0.1) is 0 Å². The van der Waals surface area contributed by atoms with Gasteiger partial charge in [0.1, 0.15) is 0 Å². The van der Waals surface area contributed by atoms with E-state index in [1.54, 1.807) is 37.3 Å². The van der Waals surface area contributed by atoms with Gasteiger partial charge in [-0.1, -0.05) is 30.3 Å². The molecule has 0 atom stereocenters. The van der Waals surface area contributed by atoms with Crippen molar-refractivity contribution in [2.75, 3.05) is 16.6 Å². The second-order valence-corrected chi connectivity index (χ2v) is 10.6. The van der Waals surface area contributed by atoms with E-state index in [1.807, 2.05) is 4.72 Å². The number of ether oxygens (including phenoxy) is 1. The Bertz CT molecular complexity index is 1390. The predicted molar refractivity (Wildman–Crippen MR) is 131 cm³/mol. The van der Waals surface area contributed by atoms with Crippen molar-refractivity contribution in [3.63, 3.8) is 0 Å². The Morgan fingerprint density at radius 1 is 0.800 bits per heavy atom. The van der Waals surface area contributed by atoms with Crippen molar-refractivity contribution in [2.24, 2.45) is 0 Å². The van der Waals surface area contributed by atoms with Crippen LogP contribution < -0.4 is 14.8 Å². The van der Waals surface area contributed by atoms with Gasteiger partial charge in [0.15, 0.2) is 0 Å². The van der Waals surface area contributed by atoms with Crippen LogP contribution in [0.1, 0.15) is 22.8 Å². The van der Waals surface area contributed by atoms with Gasteiger partial charge in [-0.25, -0.2) is 31.1 Å². The summed E-state index contributed by atoms with van der Waals surface area (Å²) in [6.07, 6.45) is 0. The van der Waals surface area contributed by atoms with Gasteiger partial charge in [0.2, 0.25) is 10.0 Å². The number of benzene rings is 3. The van der Waals surface area contributed by atoms with Gasteiger partial charge in [0.25, 0.3) is 10.0 Å². The Labute approximate surface area is 203 Å². The smallest absolute Gasteiger partial charge is 0.338 e. The maximum atomic E-state index is 12.6. The van der Waals surface area contributed by atoms with E-state index in [0.29, 0.717) is 5.56 Å². The first-order valence-electron chi connectivity index (χ1n) is 10.3. The van der Waals surface area contributed by atoms with Crippen LogP contribution >= 0.6 is 0 Å². The molecule has 12 heteroatoms. The van der Waals surface area contributed by atoms with Crippen molar-refractivity contribution in [2.45, 2.75) is 17.6 Å². The van der Waals surface area contributed by atoms with Crippen LogP contribution in [-0.2, 0) is 30.5 Å². The van der Waals surface area contributed by atoms with Crippen LogP contribution in [0.4, 0.5) is 16.2 Å². The Morgan fingerprint density at radius 3 is 2.00 bits per heavy atom. The molecule has 0 aromatic heterocycles. The van der Waals surface area contributed by atoms with E-state index in [1.165, 1.54) is 48.5 Å². The number of nitrogens with one attached hydrogen (secondary N) is 3. The molecule has 0 saturated heterocycles. The summed E-state index contributed by atoms with van der Waals surface area (Å²) >= 11 is 0. The monoisotopic (exact) mass is 517 g/mol. The van der Waals surface area contributed by atoms with Gasteiger partial charge >= 0.3 is 12.0 Å². The van der Waals surface area contributed by atoms with Gasteiger partial charge in [0, 0.05) is 11.4 Å². The van der Waals surface area contributed by atoms with Crippen molar-refractivity contribution in [3.8, 4) is 0 Å². The topological polar surface area (TPSA) is 148 Å². The molecule has 0 unspecified atom stereocenters. The zero-order valence-electron chi connectivity index (χ0n) is 18.6. The molecule has 0 aliphatic heterocycles. The lowest BCUT2D eigenvalue weighted by Crippen LogP contribution is -2.35. The molecule has 35 heavy (non-hydrogen) atoms. The molecule has 3 aromatic rings. The summed E-state index contributed by atoms with van der Waals surface area (Å²) in [6.45, 7) is 1.91. The first-order valence-corrected chi connectivity index (χ1v) is 13.5. The minimum Gasteiger partial charge on any atom is -0.462 e. The molecule has 2 amide bonds. The summed E-state index contributed by atoms with van der Waals surface area (Å²) in [4.78, 5) is 23.7. The van der Waals surface area contributed by atoms with E-state index in [4.69, 9.17) is 4.74 Å². The van der Waals surface area contributed by atoms with Crippen LogP contribution in [0.15, 0.2) is 83.8 Å². The first-order chi connectivity index (χ1) is 16.6. The number of rotatable bonds is 9. The fraction of sp³-hybridized carbons (Fsp3) is 0.130. The third-order valence-electron chi connectivity index (χ3n) is 4.52. The minimum atomic E-state index is -3.96. The maximum Gasteiger partial charge on any atom is 0.338 e. The van der Waals surface area contributed by atoms with Gasteiger partial charge in [0.05, 0.1) is 22.8 Å². The van der Waals surface area contributed by atoms with E-state index in [2.05, 4.69) is 10.0 Å². The quantitative estimate of drug-likeness (QED) is 0.369. The second kappa shape index (κ2) is 11.0. The average molecular weight is 518 g/mol. The maximum absolute atomic E-state index is 12.6. The lowest BCUT2D eigenvalue weighted by atomic mass is 10.2. The largest absolute Gasteiger partial charge is 0.462 e. The SMILES string of the molecule is CCOC(=O)c1ccc(NS(=O)(=O)c2ccc(NC(=O)NS(=O)(=O)Cc3ccccc3)cc2)cc1. The van der Waals surface area contributed by atoms with Crippen LogP contribution in [0.3, 0.4) is 0 Å². The van der Waals surface area contributed by atoms with Crippen molar-refractivity contribution >= 4 is 43.4 Å². The Balaban J connectivity index is 1.60. The highest BCUT2D eigenvalue weighted by molar-refractivity contribution is 7.92. The fourth-order valence-corrected chi connectivity index (χ4v) is 5.04. The summed E-state index contributed by atoms with van der Waals surface area (Å²) in [6, 6.07) is 18.3. The number of anilines is 2. The molecule has 0 heterocycles. The van der Waals surface area contributed by atoms with Crippen molar-refractivity contribution in [1.82, 2.24) is 4.72 Å². The molecular weight excluding hydrogens is 494 g/mol. The summed E-state index contributed by atoms with van der Waals surface area (Å²) in [5, 5.41) is 2.35. The van der Waals surface area contributed by atoms with E-state index in [-0.39, 0.29) is 34.2 Å². The van der Waals surface area contributed by atoms with Gasteiger partial charge < -0.3 is 10.1 Å². The van der Waals surface area contributed by atoms with Crippen LogP contribution in [0.5, 0.6) is 0 Å². The number of carbonyl (C=O) groups is 2. The van der Waals surface area contributed by atoms with Crippen molar-refractivity contribution < 1.29 is 31.2 Å². The molecule has 0 fully saturated rings. The zero-order chi connectivity index (χ0) is 25.5. The highest BCUT2D eigenvalue weighted by atomic mass is 32.2. The first kappa shape index (κ1) is 25.7. The number of esters is 1. The standard InChI is InChI=1S/C23H23N3O7S2/c1-2-33-22(27)18-8-10-20(11-9-18)25-35(31,32)21-14-12-19(13-15-21)24-23(28)26-34(29,30)16-17-6-4-3-5-7-17/h3-15,25H,2,16H2,1H3,(H2,24,26,28). The molecule has 0 spiro atoms. The fourth-order valence-electron chi connectivity index (χ4n) is 2.95. The summed E-state index contributed by atoms with van der Waals surface area (Å²) in [7, 11) is -7.88. The lowest BCUT2D eigenvalue weighted by molar-refractivity contribution is 0.0526. The Hall–Kier alpha value is -3.90. The molecule has 0 radical (unpaired) electrons. The highest BCUT2D eigenvalue weighted by Crippen LogP contribution is 2.19. The number of hydrogen-bond donors (Lipinski definition) is 3. The molecule has 184 valence electrons. The Morgan fingerprint density at radius 2 is 1.40 bits per heavy atom. The van der Waals surface area contributed by atoms with Crippen LogP contribution in [-0.4, -0.2) is 35.4 Å². The molecule has 10 nitrogen and oxygen atoms in total. The lowest BCUT2D eigenvalue weighted by Gasteiger charge is -2.11. The minimum absolute atomic E-state index is 0.0883. The van der Waals surface area contributed by atoms with Crippen LogP contribution in [0.2, 0.25) is 0 Å². The molecule has 3 rings (SSSR count). The number of amides is 2. The molecule has 0 bridgehead atoms. The van der Waals surface area contributed by atoms with Crippen molar-refractivity contribution in [1.29, 1.82) is 0 Å². The van der Waals surface area contributed by atoms with E-state index < -0.39 is 32.0 Å². The summed E-state index contributed by atoms with van der Waals surface area (Å²) < 4.78 is 58.8. The predicted octanol–water partition coefficient (Wildman–Crippen LogP) is 3.32. The third kappa shape index (κ3) is 7.55. The number of hydrogen-bond acceptors (Lipinski definition) is 7. The normalized spacial score (nSPS) is 11.3. The second-order valence-electron chi connectivity index (χ2n) is 7.23. The van der Waals surface area contributed by atoms with Gasteiger partial charge in [-0.05, 0) is 61.0 Å². The van der Waals surface area contributed by atoms with E-state index in [9.17, 15) is 26.4 Å². The highest BCUT2D eigenvalue weighted by Gasteiger charge is 2.17. The van der Waals surface area contributed by atoms with E-state index >= 15 is 0 Å². The van der Waals surface area contributed by atoms with Crippen LogP contribution in [0.25, 0.3) is 0 Å². The summed E-state index contributed by atoms with van der Waals surface area (Å²) in [5.41, 5.74) is 1.23. The van der Waals surface area contributed by atoms with Crippen molar-refractivity contribution in [3.05, 3.63) is 90.0 Å². The molecule has 0 saturated carbocycles. The molecule has 3 N–H and O–H groups in total. The molecular formula is C23H23N3O7S2. The summed E-state index contributed by atoms with van der Waals surface area (Å²) in [5.74, 6) is -0.882. The number of sulfonamides is 2. The van der Waals surface area contributed by atoms with Crippen LogP contribution in [0, 0.1) is 0 Å². The Kier molecular flexibility index (Phi) is 8.10. The molecule has 0 aliphatic rings. The zero-order valence-corrected chi connectivity index (χ0v) is 20.2. The van der Waals surface area contributed by atoms with Gasteiger partial charge in [-0.2, -0.15) is 0 Å². The number of carbonyl (C=O) groups excluding carboxylic acids is 2. The molecule has 0 aliphatic carbocycles. The van der Waals surface area contributed by atoms with E-state index in [0.717, 1.165) is 0 Å².